The first-order valence-electron chi connectivity index (χ1n) is 4.33. The largest absolute Gasteiger partial charge is 0.398 e. The number of nitrogen functional groups attached to an aromatic ring is 1. The Balaban J connectivity index is 2.93. The van der Waals surface area contributed by atoms with Crippen LogP contribution in [-0.4, -0.2) is 19.5 Å². The van der Waals surface area contributed by atoms with Crippen molar-refractivity contribution in [3.8, 4) is 6.07 Å². The molecule has 0 saturated carbocycles. The smallest absolute Gasteiger partial charge is 0.236 e. The highest BCUT2D eigenvalue weighted by Gasteiger charge is 2.06. The highest BCUT2D eigenvalue weighted by Crippen LogP contribution is 2.19. The third-order valence-electron chi connectivity index (χ3n) is 1.99. The molecule has 0 atom stereocenters. The van der Waals surface area contributed by atoms with Crippen LogP contribution in [0.15, 0.2) is 18.2 Å². The van der Waals surface area contributed by atoms with E-state index >= 15 is 0 Å². The van der Waals surface area contributed by atoms with Gasteiger partial charge in [-0.3, -0.25) is 4.79 Å². The molecule has 0 aliphatic carbocycles. The van der Waals surface area contributed by atoms with E-state index in [4.69, 9.17) is 16.7 Å². The van der Waals surface area contributed by atoms with Gasteiger partial charge in [0.1, 0.15) is 6.07 Å². The van der Waals surface area contributed by atoms with Crippen molar-refractivity contribution in [2.45, 2.75) is 0 Å². The molecule has 15 heavy (non-hydrogen) atoms. The zero-order valence-corrected chi connectivity index (χ0v) is 8.40. The summed E-state index contributed by atoms with van der Waals surface area (Å²) in [4.78, 5) is 12.4. The zero-order valence-electron chi connectivity index (χ0n) is 8.40. The number of hydrogen-bond acceptors (Lipinski definition) is 4. The predicted molar refractivity (Wildman–Crippen MR) is 58.0 cm³/mol. The minimum absolute atomic E-state index is 0.116. The molecule has 0 aliphatic heterocycles. The van der Waals surface area contributed by atoms with Gasteiger partial charge in [-0.25, -0.2) is 0 Å². The van der Waals surface area contributed by atoms with Gasteiger partial charge in [-0.2, -0.15) is 5.26 Å². The second kappa shape index (κ2) is 4.33. The quantitative estimate of drug-likeness (QED) is 0.680. The van der Waals surface area contributed by atoms with E-state index in [2.05, 4.69) is 0 Å². The number of primary amides is 1. The molecule has 5 nitrogen and oxygen atoms in total. The van der Waals surface area contributed by atoms with Crippen molar-refractivity contribution in [1.82, 2.24) is 0 Å². The minimum atomic E-state index is -0.416. The lowest BCUT2D eigenvalue weighted by molar-refractivity contribution is -0.116. The summed E-state index contributed by atoms with van der Waals surface area (Å²) >= 11 is 0. The maximum absolute atomic E-state index is 10.7. The molecule has 1 aromatic carbocycles. The number of likely N-dealkylation sites (N-methyl/N-ethyl adjacent to an activating group) is 1. The fourth-order valence-corrected chi connectivity index (χ4v) is 1.21. The Hall–Kier alpha value is -2.22. The predicted octanol–water partition coefficient (Wildman–Crippen LogP) is 0.0620. The Morgan fingerprint density at radius 2 is 2.27 bits per heavy atom. The number of hydrogen-bond donors (Lipinski definition) is 2. The maximum Gasteiger partial charge on any atom is 0.236 e. The summed E-state index contributed by atoms with van der Waals surface area (Å²) in [5.74, 6) is -0.416. The fourth-order valence-electron chi connectivity index (χ4n) is 1.21. The van der Waals surface area contributed by atoms with Crippen LogP contribution in [0.3, 0.4) is 0 Å². The first-order chi connectivity index (χ1) is 7.04. The van der Waals surface area contributed by atoms with Crippen LogP contribution in [0.25, 0.3) is 0 Å². The van der Waals surface area contributed by atoms with Gasteiger partial charge in [0.05, 0.1) is 17.8 Å². The number of nitrogens with zero attached hydrogens (tertiary/aromatic N) is 2. The normalized spacial score (nSPS) is 9.33. The zero-order chi connectivity index (χ0) is 11.4. The molecule has 1 aromatic rings. The second-order valence-corrected chi connectivity index (χ2v) is 3.21. The van der Waals surface area contributed by atoms with E-state index in [0.717, 1.165) is 5.69 Å². The van der Waals surface area contributed by atoms with Gasteiger partial charge in [0.15, 0.2) is 0 Å². The van der Waals surface area contributed by atoms with Crippen LogP contribution in [0.5, 0.6) is 0 Å². The molecule has 0 aromatic heterocycles. The van der Waals surface area contributed by atoms with E-state index in [1.165, 1.54) is 0 Å². The topological polar surface area (TPSA) is 96.1 Å². The Labute approximate surface area is 87.9 Å². The third kappa shape index (κ3) is 2.61. The molecule has 1 amide bonds. The number of nitrogens with two attached hydrogens (primary N) is 2. The van der Waals surface area contributed by atoms with Gasteiger partial charge in [-0.1, -0.05) is 0 Å². The Morgan fingerprint density at radius 3 is 2.73 bits per heavy atom. The molecule has 0 unspecified atom stereocenters. The van der Waals surface area contributed by atoms with E-state index < -0.39 is 5.91 Å². The van der Waals surface area contributed by atoms with Crippen molar-refractivity contribution in [1.29, 1.82) is 5.26 Å². The number of rotatable bonds is 3. The summed E-state index contributed by atoms with van der Waals surface area (Å²) in [7, 11) is 1.73. The lowest BCUT2D eigenvalue weighted by Crippen LogP contribution is -2.30. The lowest BCUT2D eigenvalue weighted by atomic mass is 10.1. The molecule has 0 spiro atoms. The fraction of sp³-hybridized carbons (Fsp3) is 0.200. The van der Waals surface area contributed by atoms with Crippen molar-refractivity contribution in [2.75, 3.05) is 24.2 Å². The number of carbonyl (C=O) groups excluding carboxylic acids is 1. The average Bonchev–Trinajstić information content (AvgIpc) is 2.16. The molecule has 4 N–H and O–H groups in total. The van der Waals surface area contributed by atoms with E-state index in [1.54, 1.807) is 30.1 Å². The molecule has 0 heterocycles. The van der Waals surface area contributed by atoms with Gasteiger partial charge in [0.25, 0.3) is 0 Å². The van der Waals surface area contributed by atoms with E-state index in [9.17, 15) is 4.79 Å². The van der Waals surface area contributed by atoms with Crippen molar-refractivity contribution in [2.24, 2.45) is 5.73 Å². The van der Waals surface area contributed by atoms with Crippen LogP contribution in [0.2, 0.25) is 0 Å². The van der Waals surface area contributed by atoms with Crippen molar-refractivity contribution in [3.05, 3.63) is 23.8 Å². The Kier molecular flexibility index (Phi) is 3.13. The highest BCUT2D eigenvalue weighted by molar-refractivity contribution is 5.79. The summed E-state index contributed by atoms with van der Waals surface area (Å²) in [6.45, 7) is 0.116. The van der Waals surface area contributed by atoms with Crippen molar-refractivity contribution >= 4 is 17.3 Å². The number of amides is 1. The van der Waals surface area contributed by atoms with Gasteiger partial charge in [0.2, 0.25) is 5.91 Å². The molecular weight excluding hydrogens is 192 g/mol. The second-order valence-electron chi connectivity index (χ2n) is 3.21. The van der Waals surface area contributed by atoms with Crippen LogP contribution in [-0.2, 0) is 4.79 Å². The molecule has 78 valence electrons. The highest BCUT2D eigenvalue weighted by atomic mass is 16.1. The van der Waals surface area contributed by atoms with Crippen molar-refractivity contribution in [3.63, 3.8) is 0 Å². The number of carbonyl (C=O) groups is 1. The first kappa shape index (κ1) is 10.9. The van der Waals surface area contributed by atoms with Crippen LogP contribution in [0.4, 0.5) is 11.4 Å². The number of anilines is 2. The maximum atomic E-state index is 10.7. The third-order valence-corrected chi connectivity index (χ3v) is 1.99. The Morgan fingerprint density at radius 1 is 1.60 bits per heavy atom. The van der Waals surface area contributed by atoms with Crippen LogP contribution in [0.1, 0.15) is 5.56 Å². The number of benzene rings is 1. The summed E-state index contributed by atoms with van der Waals surface area (Å²) in [5, 5.41) is 8.68. The average molecular weight is 204 g/mol. The standard InChI is InChI=1S/C10H12N4O/c1-14(6-10(13)15)8-3-2-7(5-11)9(12)4-8/h2-4H,6,12H2,1H3,(H2,13,15). The minimum Gasteiger partial charge on any atom is -0.398 e. The van der Waals surface area contributed by atoms with Crippen LogP contribution < -0.4 is 16.4 Å². The first-order valence-corrected chi connectivity index (χ1v) is 4.33. The molecule has 0 bridgehead atoms. The van der Waals surface area contributed by atoms with Crippen LogP contribution >= 0.6 is 0 Å². The molecule has 0 radical (unpaired) electrons. The van der Waals surface area contributed by atoms with Gasteiger partial charge in [-0.05, 0) is 18.2 Å². The molecule has 5 heteroatoms. The Bertz CT molecular complexity index is 422. The van der Waals surface area contributed by atoms with Gasteiger partial charge in [0, 0.05) is 12.7 Å². The summed E-state index contributed by atoms with van der Waals surface area (Å²) in [6.07, 6.45) is 0. The molecule has 0 aliphatic rings. The van der Waals surface area contributed by atoms with E-state index in [0.29, 0.717) is 11.3 Å². The van der Waals surface area contributed by atoms with E-state index in [1.807, 2.05) is 6.07 Å². The van der Waals surface area contributed by atoms with Gasteiger partial charge in [-0.15, -0.1) is 0 Å². The summed E-state index contributed by atoms with van der Waals surface area (Å²) in [6, 6.07) is 6.94. The van der Waals surface area contributed by atoms with Crippen LogP contribution in [0, 0.1) is 11.3 Å². The molecule has 1 rings (SSSR count). The summed E-state index contributed by atoms with van der Waals surface area (Å²) in [5.41, 5.74) is 12.3. The SMILES string of the molecule is CN(CC(N)=O)c1ccc(C#N)c(N)c1. The molecule has 0 fully saturated rings. The van der Waals surface area contributed by atoms with Gasteiger partial charge < -0.3 is 16.4 Å². The monoisotopic (exact) mass is 204 g/mol. The lowest BCUT2D eigenvalue weighted by Gasteiger charge is -2.17. The summed E-state index contributed by atoms with van der Waals surface area (Å²) < 4.78 is 0. The van der Waals surface area contributed by atoms with Crippen molar-refractivity contribution < 1.29 is 4.79 Å². The molecule has 0 saturated heterocycles. The van der Waals surface area contributed by atoms with E-state index in [-0.39, 0.29) is 6.54 Å². The molecular formula is C10H12N4O. The number of nitriles is 1. The van der Waals surface area contributed by atoms with Gasteiger partial charge >= 0.3 is 0 Å².